The van der Waals surface area contributed by atoms with E-state index in [1.807, 2.05) is 0 Å². The van der Waals surface area contributed by atoms with Crippen LogP contribution in [0.3, 0.4) is 0 Å². The zero-order valence-corrected chi connectivity index (χ0v) is 9.46. The fourth-order valence-corrected chi connectivity index (χ4v) is 3.34. The van der Waals surface area contributed by atoms with Crippen molar-refractivity contribution < 1.29 is 0 Å². The normalized spacial score (nSPS) is 39.7. The molecule has 13 heavy (non-hydrogen) atoms. The Labute approximate surface area is 82.5 Å². The monoisotopic (exact) mass is 181 g/mol. The maximum absolute atomic E-state index is 2.74. The minimum atomic E-state index is 0.748. The molecule has 1 heteroatoms. The van der Waals surface area contributed by atoms with Crippen LogP contribution in [-0.2, 0) is 0 Å². The summed E-state index contributed by atoms with van der Waals surface area (Å²) in [7, 11) is 0. The molecule has 3 unspecified atom stereocenters. The third-order valence-electron chi connectivity index (χ3n) is 4.09. The van der Waals surface area contributed by atoms with E-state index >= 15 is 0 Å². The summed E-state index contributed by atoms with van der Waals surface area (Å²) in [6, 6.07) is 1.64. The molecule has 0 radical (unpaired) electrons. The highest BCUT2D eigenvalue weighted by molar-refractivity contribution is 5.00. The lowest BCUT2D eigenvalue weighted by Gasteiger charge is -2.37. The minimum absolute atomic E-state index is 0.748. The van der Waals surface area contributed by atoms with E-state index in [0.717, 1.165) is 29.8 Å². The summed E-state index contributed by atoms with van der Waals surface area (Å²) in [5, 5.41) is 0. The van der Waals surface area contributed by atoms with Crippen LogP contribution in [0, 0.1) is 17.8 Å². The third-order valence-corrected chi connectivity index (χ3v) is 4.09. The summed E-state index contributed by atoms with van der Waals surface area (Å²) in [4.78, 5) is 2.74. The Morgan fingerprint density at radius 3 is 2.15 bits per heavy atom. The van der Waals surface area contributed by atoms with Gasteiger partial charge in [0.05, 0.1) is 0 Å². The fraction of sp³-hybridized carbons (Fsp3) is 1.00. The SMILES string of the molecule is CC(C)C1C2CCC2CN1C(C)C. The van der Waals surface area contributed by atoms with Gasteiger partial charge < -0.3 is 0 Å². The van der Waals surface area contributed by atoms with Crippen molar-refractivity contribution in [2.75, 3.05) is 6.54 Å². The zero-order chi connectivity index (χ0) is 9.59. The molecule has 0 aromatic rings. The first kappa shape index (κ1) is 9.51. The predicted molar refractivity (Wildman–Crippen MR) is 56.7 cm³/mol. The molecule has 0 bridgehead atoms. The molecule has 1 saturated heterocycles. The van der Waals surface area contributed by atoms with Crippen LogP contribution >= 0.6 is 0 Å². The second-order valence-electron chi connectivity index (χ2n) is 5.53. The van der Waals surface area contributed by atoms with Crippen LogP contribution in [0.15, 0.2) is 0 Å². The Kier molecular flexibility index (Phi) is 2.39. The van der Waals surface area contributed by atoms with Crippen molar-refractivity contribution >= 4 is 0 Å². The molecular weight excluding hydrogens is 158 g/mol. The minimum Gasteiger partial charge on any atom is -0.297 e. The zero-order valence-electron chi connectivity index (χ0n) is 9.46. The van der Waals surface area contributed by atoms with Gasteiger partial charge in [0.25, 0.3) is 0 Å². The van der Waals surface area contributed by atoms with Crippen molar-refractivity contribution in [2.24, 2.45) is 17.8 Å². The molecule has 2 aliphatic rings. The molecule has 0 spiro atoms. The number of likely N-dealkylation sites (tertiary alicyclic amines) is 1. The van der Waals surface area contributed by atoms with Crippen LogP contribution in [0.2, 0.25) is 0 Å². The predicted octanol–water partition coefficient (Wildman–Crippen LogP) is 2.76. The molecule has 0 N–H and O–H groups in total. The van der Waals surface area contributed by atoms with Gasteiger partial charge in [0.1, 0.15) is 0 Å². The molecule has 1 aliphatic heterocycles. The second kappa shape index (κ2) is 3.27. The Morgan fingerprint density at radius 2 is 1.77 bits per heavy atom. The van der Waals surface area contributed by atoms with Crippen molar-refractivity contribution in [2.45, 2.75) is 52.6 Å². The molecule has 0 aromatic heterocycles. The molecule has 0 amide bonds. The summed E-state index contributed by atoms with van der Waals surface area (Å²) >= 11 is 0. The maximum atomic E-state index is 2.74. The first-order valence-corrected chi connectivity index (χ1v) is 5.87. The van der Waals surface area contributed by atoms with Crippen molar-refractivity contribution in [3.63, 3.8) is 0 Å². The quantitative estimate of drug-likeness (QED) is 0.633. The Hall–Kier alpha value is -0.0400. The maximum Gasteiger partial charge on any atom is 0.0152 e. The Bertz CT molecular complexity index is 186. The van der Waals surface area contributed by atoms with Crippen molar-refractivity contribution in [3.8, 4) is 0 Å². The van der Waals surface area contributed by atoms with Gasteiger partial charge in [-0.1, -0.05) is 13.8 Å². The van der Waals surface area contributed by atoms with Crippen LogP contribution in [0.5, 0.6) is 0 Å². The molecule has 2 rings (SSSR count). The van der Waals surface area contributed by atoms with Gasteiger partial charge in [-0.3, -0.25) is 4.90 Å². The van der Waals surface area contributed by atoms with Crippen molar-refractivity contribution in [3.05, 3.63) is 0 Å². The molecular formula is C12H23N. The topological polar surface area (TPSA) is 3.24 Å². The lowest BCUT2D eigenvalue weighted by Crippen LogP contribution is -2.41. The molecule has 1 nitrogen and oxygen atoms in total. The summed E-state index contributed by atoms with van der Waals surface area (Å²) in [6.45, 7) is 10.9. The van der Waals surface area contributed by atoms with Gasteiger partial charge in [-0.25, -0.2) is 0 Å². The summed E-state index contributed by atoms with van der Waals surface area (Å²) in [5.74, 6) is 2.94. The number of nitrogens with zero attached hydrogens (tertiary/aromatic N) is 1. The molecule has 1 heterocycles. The van der Waals surface area contributed by atoms with Gasteiger partial charge >= 0.3 is 0 Å². The van der Waals surface area contributed by atoms with E-state index < -0.39 is 0 Å². The van der Waals surface area contributed by atoms with Gasteiger partial charge in [0.2, 0.25) is 0 Å². The number of hydrogen-bond donors (Lipinski definition) is 0. The highest BCUT2D eigenvalue weighted by Gasteiger charge is 2.48. The number of rotatable bonds is 2. The van der Waals surface area contributed by atoms with Gasteiger partial charge in [0, 0.05) is 18.6 Å². The van der Waals surface area contributed by atoms with E-state index in [9.17, 15) is 0 Å². The summed E-state index contributed by atoms with van der Waals surface area (Å²) in [6.07, 6.45) is 2.99. The highest BCUT2D eigenvalue weighted by Crippen LogP contribution is 2.47. The molecule has 76 valence electrons. The largest absolute Gasteiger partial charge is 0.297 e. The average Bonchev–Trinajstić information content (AvgIpc) is 2.23. The highest BCUT2D eigenvalue weighted by atomic mass is 15.2. The van der Waals surface area contributed by atoms with E-state index in [1.54, 1.807) is 0 Å². The number of fused-ring (bicyclic) bond motifs is 1. The summed E-state index contributed by atoms with van der Waals surface area (Å²) < 4.78 is 0. The third kappa shape index (κ3) is 1.41. The smallest absolute Gasteiger partial charge is 0.0152 e. The van der Waals surface area contributed by atoms with E-state index in [-0.39, 0.29) is 0 Å². The van der Waals surface area contributed by atoms with E-state index in [0.29, 0.717) is 0 Å². The lowest BCUT2D eigenvalue weighted by atomic mass is 9.71. The van der Waals surface area contributed by atoms with Crippen LogP contribution in [0.4, 0.5) is 0 Å². The van der Waals surface area contributed by atoms with Gasteiger partial charge in [-0.05, 0) is 44.4 Å². The van der Waals surface area contributed by atoms with Crippen LogP contribution in [0.1, 0.15) is 40.5 Å². The van der Waals surface area contributed by atoms with E-state index in [4.69, 9.17) is 0 Å². The fourth-order valence-electron chi connectivity index (χ4n) is 3.34. The van der Waals surface area contributed by atoms with Crippen LogP contribution < -0.4 is 0 Å². The average molecular weight is 181 g/mol. The molecule has 1 aliphatic carbocycles. The van der Waals surface area contributed by atoms with Crippen LogP contribution in [0.25, 0.3) is 0 Å². The second-order valence-corrected chi connectivity index (χ2v) is 5.53. The van der Waals surface area contributed by atoms with Crippen molar-refractivity contribution in [1.82, 2.24) is 4.90 Å². The molecule has 3 atom stereocenters. The lowest BCUT2D eigenvalue weighted by molar-refractivity contribution is 0.123. The van der Waals surface area contributed by atoms with E-state index in [2.05, 4.69) is 32.6 Å². The first-order chi connectivity index (χ1) is 6.11. The van der Waals surface area contributed by atoms with Gasteiger partial charge in [-0.2, -0.15) is 0 Å². The Balaban J connectivity index is 2.10. The number of hydrogen-bond acceptors (Lipinski definition) is 1. The molecule has 0 aromatic carbocycles. The summed E-state index contributed by atoms with van der Waals surface area (Å²) in [5.41, 5.74) is 0. The molecule has 2 fully saturated rings. The standard InChI is InChI=1S/C12H23N/c1-8(2)12-11-6-5-10(11)7-13(12)9(3)4/h8-12H,5-7H2,1-4H3. The Morgan fingerprint density at radius 1 is 1.08 bits per heavy atom. The molecule has 1 saturated carbocycles. The van der Waals surface area contributed by atoms with Crippen LogP contribution in [-0.4, -0.2) is 23.5 Å². The van der Waals surface area contributed by atoms with Gasteiger partial charge in [0.15, 0.2) is 0 Å². The first-order valence-electron chi connectivity index (χ1n) is 5.87. The van der Waals surface area contributed by atoms with Gasteiger partial charge in [-0.15, -0.1) is 0 Å². The van der Waals surface area contributed by atoms with E-state index in [1.165, 1.54) is 19.4 Å². The van der Waals surface area contributed by atoms with Crippen molar-refractivity contribution in [1.29, 1.82) is 0 Å².